The van der Waals surface area contributed by atoms with Crippen molar-refractivity contribution >= 4 is 24.4 Å². The molecule has 11 nitrogen and oxygen atoms in total. The zero-order valence-corrected chi connectivity index (χ0v) is 25.1. The van der Waals surface area contributed by atoms with Crippen molar-refractivity contribution in [3.8, 4) is 5.75 Å². The second-order valence-electron chi connectivity index (χ2n) is 10.6. The van der Waals surface area contributed by atoms with Crippen LogP contribution >= 0.6 is 0 Å². The molecule has 0 spiro atoms. The molecule has 2 N–H and O–H groups in total. The summed E-state index contributed by atoms with van der Waals surface area (Å²) in [5, 5.41) is 11.2. The summed E-state index contributed by atoms with van der Waals surface area (Å²) < 4.78 is 9.85. The van der Waals surface area contributed by atoms with E-state index in [0.29, 0.717) is 24.1 Å². The molecule has 0 saturated carbocycles. The van der Waals surface area contributed by atoms with Gasteiger partial charge in [-0.3, -0.25) is 4.79 Å². The molecule has 0 bridgehead atoms. The Labute approximate surface area is 248 Å². The number of phenols is 1. The van der Waals surface area contributed by atoms with Crippen LogP contribution in [-0.2, 0) is 25.7 Å². The number of fused-ring (bicyclic) bond motifs is 1. The summed E-state index contributed by atoms with van der Waals surface area (Å²) in [4.78, 5) is 51.1. The second-order valence-corrected chi connectivity index (χ2v) is 10.6. The summed E-state index contributed by atoms with van der Waals surface area (Å²) >= 11 is 0. The number of amides is 3. The number of hydrogen-bond donors (Lipinski definition) is 2. The summed E-state index contributed by atoms with van der Waals surface area (Å²) in [6, 6.07) is 18.4. The number of hydrogen-bond acceptors (Lipinski definition) is 8. The van der Waals surface area contributed by atoms with Gasteiger partial charge in [-0.2, -0.15) is 0 Å². The maximum absolute atomic E-state index is 11.8. The van der Waals surface area contributed by atoms with Gasteiger partial charge in [0.25, 0.3) is 0 Å². The molecule has 3 amide bonds. The standard InChI is InChI=1S/C16H22N2O4.C9H16N2O2.C6H6O/c1-12(2)14(10-19)17-15(20)9-18(3)16(21)22-11-13-7-5-4-6-8-13;1-10-5-3-8-7(10)4-6-11(8)9(12)13-2;7-6-4-2-1-3-5-6/h4-8,10,12,14H,9,11H2,1-3H3,(H,17,20);7-8H,3-6H2,1-2H3;1-5,7H. The van der Waals surface area contributed by atoms with Crippen molar-refractivity contribution in [3.05, 3.63) is 66.2 Å². The first-order chi connectivity index (χ1) is 20.1. The van der Waals surface area contributed by atoms with Gasteiger partial charge in [-0.1, -0.05) is 62.4 Å². The smallest absolute Gasteiger partial charge is 0.410 e. The van der Waals surface area contributed by atoms with Crippen molar-refractivity contribution in [1.82, 2.24) is 20.0 Å². The minimum atomic E-state index is -0.591. The van der Waals surface area contributed by atoms with Gasteiger partial charge in [0, 0.05) is 26.2 Å². The van der Waals surface area contributed by atoms with Gasteiger partial charge in [-0.05, 0) is 43.5 Å². The Balaban J connectivity index is 0.000000256. The lowest BCUT2D eigenvalue weighted by Gasteiger charge is -2.22. The van der Waals surface area contributed by atoms with Gasteiger partial charge in [-0.25, -0.2) is 9.59 Å². The number of benzene rings is 2. The molecule has 2 aliphatic rings. The molecule has 2 aromatic rings. The van der Waals surface area contributed by atoms with Crippen molar-refractivity contribution in [2.75, 3.05) is 40.8 Å². The van der Waals surface area contributed by atoms with Crippen LogP contribution < -0.4 is 5.32 Å². The molecular weight excluding hydrogens is 540 g/mol. The van der Waals surface area contributed by atoms with Gasteiger partial charge in [0.15, 0.2) is 0 Å². The van der Waals surface area contributed by atoms with Crippen molar-refractivity contribution in [3.63, 3.8) is 0 Å². The molecule has 0 aromatic heterocycles. The van der Waals surface area contributed by atoms with E-state index in [1.165, 1.54) is 19.1 Å². The van der Waals surface area contributed by atoms with E-state index < -0.39 is 18.0 Å². The van der Waals surface area contributed by atoms with Gasteiger partial charge in [0.05, 0.1) is 19.2 Å². The number of nitrogens with one attached hydrogen (secondary N) is 1. The fraction of sp³-hybridized carbons (Fsp3) is 0.484. The third kappa shape index (κ3) is 11.0. The Hall–Kier alpha value is -4.12. The number of likely N-dealkylation sites (N-methyl/N-ethyl adjacent to an activating group) is 2. The van der Waals surface area contributed by atoms with Gasteiger partial charge in [0.1, 0.15) is 25.2 Å². The first kappa shape index (κ1) is 34.1. The van der Waals surface area contributed by atoms with Crippen LogP contribution in [0.1, 0.15) is 32.3 Å². The number of nitrogens with zero attached hydrogens (tertiary/aromatic N) is 3. The lowest BCUT2D eigenvalue weighted by atomic mass is 10.1. The minimum Gasteiger partial charge on any atom is -0.508 e. The highest BCUT2D eigenvalue weighted by atomic mass is 16.6. The Morgan fingerprint density at radius 2 is 1.62 bits per heavy atom. The zero-order valence-electron chi connectivity index (χ0n) is 25.1. The summed E-state index contributed by atoms with van der Waals surface area (Å²) in [6.07, 6.45) is 2.12. The van der Waals surface area contributed by atoms with Crippen LogP contribution in [0.25, 0.3) is 0 Å². The fourth-order valence-electron chi connectivity index (χ4n) is 4.67. The average molecular weight is 585 g/mol. The van der Waals surface area contributed by atoms with Gasteiger partial charge in [-0.15, -0.1) is 0 Å². The minimum absolute atomic E-state index is 0.00297. The van der Waals surface area contributed by atoms with Crippen molar-refractivity contribution in [2.45, 2.75) is 51.4 Å². The van der Waals surface area contributed by atoms with Crippen LogP contribution in [0.2, 0.25) is 0 Å². The molecular formula is C31H44N4O7. The number of carbonyl (C=O) groups excluding carboxylic acids is 4. The molecule has 4 rings (SSSR count). The largest absolute Gasteiger partial charge is 0.508 e. The lowest BCUT2D eigenvalue weighted by Crippen LogP contribution is -2.45. The highest BCUT2D eigenvalue weighted by molar-refractivity contribution is 5.84. The number of methoxy groups -OCH3 is 1. The summed E-state index contributed by atoms with van der Waals surface area (Å²) in [7, 11) is 5.05. The van der Waals surface area contributed by atoms with E-state index >= 15 is 0 Å². The Morgan fingerprint density at radius 3 is 2.14 bits per heavy atom. The number of phenolic OH excluding ortho intramolecular Hbond substituents is 1. The maximum atomic E-state index is 11.8. The SMILES string of the molecule is CC(C)C(C=O)NC(=O)CN(C)C(=O)OCc1ccccc1.COC(=O)N1CCC2C1CCN2C.Oc1ccccc1. The Kier molecular flexibility index (Phi) is 14.3. The summed E-state index contributed by atoms with van der Waals surface area (Å²) in [5.74, 6) is -0.0794. The molecule has 0 radical (unpaired) electrons. The van der Waals surface area contributed by atoms with Crippen molar-refractivity contribution in [1.29, 1.82) is 0 Å². The number of rotatable bonds is 7. The lowest BCUT2D eigenvalue weighted by molar-refractivity contribution is -0.125. The topological polar surface area (TPSA) is 129 Å². The molecule has 2 saturated heterocycles. The Morgan fingerprint density at radius 1 is 1.02 bits per heavy atom. The van der Waals surface area contributed by atoms with Gasteiger partial charge in [0.2, 0.25) is 5.91 Å². The molecule has 42 heavy (non-hydrogen) atoms. The van der Waals surface area contributed by atoms with Crippen LogP contribution in [0.3, 0.4) is 0 Å². The average Bonchev–Trinajstić information content (AvgIpc) is 3.58. The van der Waals surface area contributed by atoms with Crippen LogP contribution in [0.15, 0.2) is 60.7 Å². The van der Waals surface area contributed by atoms with Crippen molar-refractivity contribution in [2.24, 2.45) is 5.92 Å². The number of ether oxygens (including phenoxy) is 2. The zero-order chi connectivity index (χ0) is 31.1. The molecule has 0 aliphatic carbocycles. The maximum Gasteiger partial charge on any atom is 0.410 e. The van der Waals surface area contributed by atoms with E-state index in [1.54, 1.807) is 24.3 Å². The third-order valence-corrected chi connectivity index (χ3v) is 7.11. The molecule has 230 valence electrons. The van der Waals surface area contributed by atoms with E-state index in [1.807, 2.05) is 55.1 Å². The van der Waals surface area contributed by atoms with Gasteiger partial charge < -0.3 is 39.4 Å². The van der Waals surface area contributed by atoms with E-state index in [9.17, 15) is 19.2 Å². The predicted octanol–water partition coefficient (Wildman–Crippen LogP) is 3.52. The van der Waals surface area contributed by atoms with E-state index in [2.05, 4.69) is 17.3 Å². The summed E-state index contributed by atoms with van der Waals surface area (Å²) in [6.45, 7) is 5.60. The molecule has 11 heteroatoms. The van der Waals surface area contributed by atoms with Crippen LogP contribution in [0.5, 0.6) is 5.75 Å². The van der Waals surface area contributed by atoms with E-state index in [4.69, 9.17) is 14.6 Å². The number of likely N-dealkylation sites (tertiary alicyclic amines) is 2. The monoisotopic (exact) mass is 584 g/mol. The highest BCUT2D eigenvalue weighted by Crippen LogP contribution is 2.30. The fourth-order valence-corrected chi connectivity index (χ4v) is 4.67. The third-order valence-electron chi connectivity index (χ3n) is 7.11. The predicted molar refractivity (Wildman–Crippen MR) is 159 cm³/mol. The van der Waals surface area contributed by atoms with Crippen LogP contribution in [0.4, 0.5) is 9.59 Å². The normalized spacial score (nSPS) is 17.9. The number of aromatic hydroxyl groups is 1. The molecule has 2 aliphatic heterocycles. The quantitative estimate of drug-likeness (QED) is 0.473. The van der Waals surface area contributed by atoms with E-state index in [0.717, 1.165) is 31.5 Å². The first-order valence-corrected chi connectivity index (χ1v) is 14.0. The molecule has 2 aromatic carbocycles. The molecule has 3 unspecified atom stereocenters. The van der Waals surface area contributed by atoms with Crippen molar-refractivity contribution < 1.29 is 33.8 Å². The Bertz CT molecular complexity index is 1120. The van der Waals surface area contributed by atoms with Crippen LogP contribution in [0, 0.1) is 5.92 Å². The molecule has 2 heterocycles. The van der Waals surface area contributed by atoms with Gasteiger partial charge >= 0.3 is 12.2 Å². The highest BCUT2D eigenvalue weighted by Gasteiger charge is 2.43. The van der Waals surface area contributed by atoms with Crippen LogP contribution in [-0.4, -0.2) is 103 Å². The number of para-hydroxylation sites is 1. The summed E-state index contributed by atoms with van der Waals surface area (Å²) in [5.41, 5.74) is 0.870. The second kappa shape index (κ2) is 17.6. The number of carbonyl (C=O) groups is 4. The molecule has 2 fully saturated rings. The molecule has 3 atom stereocenters. The number of aldehydes is 1. The van der Waals surface area contributed by atoms with E-state index in [-0.39, 0.29) is 25.2 Å². The first-order valence-electron chi connectivity index (χ1n) is 14.0.